The maximum Gasteiger partial charge on any atom is 0.128 e. The largest absolute Gasteiger partial charge is 0.207 e. The van der Waals surface area contributed by atoms with Crippen LogP contribution in [0.25, 0.3) is 0 Å². The van der Waals surface area contributed by atoms with Crippen LogP contribution in [0, 0.1) is 5.82 Å². The molecule has 1 heterocycles. The molecule has 0 saturated heterocycles. The smallest absolute Gasteiger partial charge is 0.128 e. The second kappa shape index (κ2) is 4.11. The van der Waals surface area contributed by atoms with E-state index in [1.165, 1.54) is 17.4 Å². The Morgan fingerprint density at radius 2 is 1.93 bits per heavy atom. The molecule has 2 rings (SSSR count). The van der Waals surface area contributed by atoms with Crippen molar-refractivity contribution in [3.8, 4) is 0 Å². The van der Waals surface area contributed by atoms with E-state index >= 15 is 0 Å². The van der Waals surface area contributed by atoms with E-state index < -0.39 is 0 Å². The Bertz CT molecular complexity index is 411. The molecule has 2 aromatic rings. The lowest BCUT2D eigenvalue weighted by atomic mass is 10.1. The summed E-state index contributed by atoms with van der Waals surface area (Å²) in [7, 11) is 0. The van der Waals surface area contributed by atoms with Gasteiger partial charge in [0.25, 0.3) is 0 Å². The van der Waals surface area contributed by atoms with E-state index in [2.05, 4.69) is 0 Å². The van der Waals surface area contributed by atoms with Crippen molar-refractivity contribution in [2.75, 3.05) is 0 Å². The maximum absolute atomic E-state index is 13.4. The highest BCUT2D eigenvalue weighted by atomic mass is 35.5. The molecule has 0 aliphatic heterocycles. The van der Waals surface area contributed by atoms with Crippen molar-refractivity contribution in [2.24, 2.45) is 0 Å². The Kier molecular flexibility index (Phi) is 2.85. The van der Waals surface area contributed by atoms with Crippen molar-refractivity contribution in [3.63, 3.8) is 0 Å². The van der Waals surface area contributed by atoms with Crippen molar-refractivity contribution in [1.29, 1.82) is 0 Å². The molecule has 0 aliphatic rings. The average molecular weight is 227 g/mol. The summed E-state index contributed by atoms with van der Waals surface area (Å²) < 4.78 is 13.4. The lowest BCUT2D eigenvalue weighted by molar-refractivity contribution is 0.613. The van der Waals surface area contributed by atoms with Crippen molar-refractivity contribution in [1.82, 2.24) is 0 Å². The van der Waals surface area contributed by atoms with Crippen LogP contribution < -0.4 is 0 Å². The van der Waals surface area contributed by atoms with E-state index in [1.807, 2.05) is 17.5 Å². The van der Waals surface area contributed by atoms with E-state index in [-0.39, 0.29) is 11.2 Å². The average Bonchev–Trinajstić information content (AvgIpc) is 2.70. The first-order valence-electron chi connectivity index (χ1n) is 4.21. The van der Waals surface area contributed by atoms with Crippen molar-refractivity contribution >= 4 is 22.9 Å². The third kappa shape index (κ3) is 1.81. The van der Waals surface area contributed by atoms with Crippen LogP contribution in [0.2, 0.25) is 0 Å². The van der Waals surface area contributed by atoms with Crippen LogP contribution in [0.4, 0.5) is 4.39 Å². The summed E-state index contributed by atoms with van der Waals surface area (Å²) in [6, 6.07) is 10.4. The summed E-state index contributed by atoms with van der Waals surface area (Å²) in [5.74, 6) is -0.249. The SMILES string of the molecule is Fc1ccccc1C(Cl)c1cccs1. The zero-order valence-corrected chi connectivity index (χ0v) is 8.86. The lowest BCUT2D eigenvalue weighted by Crippen LogP contribution is -1.93. The number of rotatable bonds is 2. The van der Waals surface area contributed by atoms with Gasteiger partial charge in [-0.2, -0.15) is 0 Å². The van der Waals surface area contributed by atoms with Gasteiger partial charge in [0.15, 0.2) is 0 Å². The molecule has 0 aliphatic carbocycles. The van der Waals surface area contributed by atoms with E-state index in [0.29, 0.717) is 5.56 Å². The zero-order valence-electron chi connectivity index (χ0n) is 7.28. The highest BCUT2D eigenvalue weighted by Gasteiger charge is 2.14. The highest BCUT2D eigenvalue weighted by molar-refractivity contribution is 7.10. The zero-order chi connectivity index (χ0) is 9.97. The molecule has 1 aromatic heterocycles. The van der Waals surface area contributed by atoms with Gasteiger partial charge in [-0.15, -0.1) is 22.9 Å². The van der Waals surface area contributed by atoms with Crippen LogP contribution in [-0.2, 0) is 0 Å². The number of benzene rings is 1. The van der Waals surface area contributed by atoms with Gasteiger partial charge in [-0.1, -0.05) is 24.3 Å². The molecule has 14 heavy (non-hydrogen) atoms. The molecule has 1 unspecified atom stereocenters. The van der Waals surface area contributed by atoms with Crippen LogP contribution >= 0.6 is 22.9 Å². The molecule has 1 atom stereocenters. The van der Waals surface area contributed by atoms with Gasteiger partial charge < -0.3 is 0 Å². The fraction of sp³-hybridized carbons (Fsp3) is 0.0909. The number of thiophene rings is 1. The van der Waals surface area contributed by atoms with Crippen LogP contribution in [0.3, 0.4) is 0 Å². The molecule has 0 N–H and O–H groups in total. The van der Waals surface area contributed by atoms with Gasteiger partial charge in [0.05, 0.1) is 5.38 Å². The predicted octanol–water partition coefficient (Wildman–Crippen LogP) is 4.22. The number of alkyl halides is 1. The normalized spacial score (nSPS) is 12.7. The molecule has 0 bridgehead atoms. The van der Waals surface area contributed by atoms with E-state index in [1.54, 1.807) is 18.2 Å². The Morgan fingerprint density at radius 1 is 1.14 bits per heavy atom. The number of hydrogen-bond donors (Lipinski definition) is 0. The Labute approximate surface area is 91.0 Å². The summed E-state index contributed by atoms with van der Waals surface area (Å²) in [6.45, 7) is 0. The molecule has 0 nitrogen and oxygen atoms in total. The monoisotopic (exact) mass is 226 g/mol. The number of hydrogen-bond acceptors (Lipinski definition) is 1. The molecule has 1 aromatic carbocycles. The summed E-state index contributed by atoms with van der Waals surface area (Å²) >= 11 is 7.68. The fourth-order valence-corrected chi connectivity index (χ4v) is 2.39. The number of halogens is 2. The highest BCUT2D eigenvalue weighted by Crippen LogP contribution is 2.32. The summed E-state index contributed by atoms with van der Waals surface area (Å²) in [5.41, 5.74) is 0.539. The standard InChI is InChI=1S/C11H8ClFS/c12-11(10-6-3-7-14-10)8-4-1-2-5-9(8)13/h1-7,11H. The van der Waals surface area contributed by atoms with Crippen LogP contribution in [0.1, 0.15) is 15.8 Å². The fourth-order valence-electron chi connectivity index (χ4n) is 1.27. The summed E-state index contributed by atoms with van der Waals surface area (Å²) in [6.07, 6.45) is 0. The van der Waals surface area contributed by atoms with Crippen molar-refractivity contribution in [3.05, 3.63) is 58.0 Å². The molecule has 0 radical (unpaired) electrons. The molecule has 72 valence electrons. The van der Waals surface area contributed by atoms with E-state index in [0.717, 1.165) is 4.88 Å². The first kappa shape index (κ1) is 9.69. The minimum atomic E-state index is -0.379. The molecule has 3 heteroatoms. The predicted molar refractivity (Wildman–Crippen MR) is 58.4 cm³/mol. The third-order valence-electron chi connectivity index (χ3n) is 1.97. The Balaban J connectivity index is 2.37. The summed E-state index contributed by atoms with van der Waals surface area (Å²) in [4.78, 5) is 0.969. The van der Waals surface area contributed by atoms with Gasteiger partial charge in [-0.05, 0) is 17.5 Å². The van der Waals surface area contributed by atoms with E-state index in [4.69, 9.17) is 11.6 Å². The first-order chi connectivity index (χ1) is 6.79. The second-order valence-electron chi connectivity index (χ2n) is 2.90. The molecular weight excluding hydrogens is 219 g/mol. The molecular formula is C11H8ClFS. The van der Waals surface area contributed by atoms with E-state index in [9.17, 15) is 4.39 Å². The quantitative estimate of drug-likeness (QED) is 0.673. The van der Waals surface area contributed by atoms with Gasteiger partial charge in [-0.25, -0.2) is 4.39 Å². The second-order valence-corrected chi connectivity index (χ2v) is 4.32. The van der Waals surface area contributed by atoms with Crippen LogP contribution in [-0.4, -0.2) is 0 Å². The van der Waals surface area contributed by atoms with Gasteiger partial charge in [0, 0.05) is 10.4 Å². The van der Waals surface area contributed by atoms with Crippen molar-refractivity contribution < 1.29 is 4.39 Å². The van der Waals surface area contributed by atoms with Gasteiger partial charge in [0.2, 0.25) is 0 Å². The third-order valence-corrected chi connectivity index (χ3v) is 3.51. The lowest BCUT2D eigenvalue weighted by Gasteiger charge is -2.07. The minimum absolute atomic E-state index is 0.249. The van der Waals surface area contributed by atoms with Crippen LogP contribution in [0.5, 0.6) is 0 Å². The first-order valence-corrected chi connectivity index (χ1v) is 5.52. The molecule has 0 fully saturated rings. The summed E-state index contributed by atoms with van der Waals surface area (Å²) in [5, 5.41) is 1.56. The molecule has 0 amide bonds. The maximum atomic E-state index is 13.4. The topological polar surface area (TPSA) is 0 Å². The van der Waals surface area contributed by atoms with Gasteiger partial charge in [0.1, 0.15) is 5.82 Å². The Hall–Kier alpha value is -0.860. The van der Waals surface area contributed by atoms with Gasteiger partial charge in [-0.3, -0.25) is 0 Å². The molecule has 0 saturated carbocycles. The van der Waals surface area contributed by atoms with Crippen molar-refractivity contribution in [2.45, 2.75) is 5.38 Å². The van der Waals surface area contributed by atoms with Crippen LogP contribution in [0.15, 0.2) is 41.8 Å². The minimum Gasteiger partial charge on any atom is -0.207 e. The molecule has 0 spiro atoms. The van der Waals surface area contributed by atoms with Gasteiger partial charge >= 0.3 is 0 Å². The Morgan fingerprint density at radius 3 is 2.57 bits per heavy atom.